The number of hydrogen-bond donors (Lipinski definition) is 0. The maximum atomic E-state index is 8.79. The largest absolute Gasteiger partial charge is 0.197 e. The fourth-order valence-corrected chi connectivity index (χ4v) is 2.38. The maximum absolute atomic E-state index is 8.79. The molecule has 1 rings (SSSR count). The van der Waals surface area contributed by atoms with Gasteiger partial charge in [-0.25, -0.2) is 0 Å². The number of halogens is 2. The Bertz CT molecular complexity index is 163. The molecule has 2 atom stereocenters. The van der Waals surface area contributed by atoms with E-state index in [0.29, 0.717) is 4.83 Å². The first kappa shape index (κ1) is 8.55. The van der Waals surface area contributed by atoms with Gasteiger partial charge in [-0.1, -0.05) is 44.7 Å². The Balaban J connectivity index is 2.65. The second-order valence-corrected chi connectivity index (χ2v) is 5.21. The van der Waals surface area contributed by atoms with Gasteiger partial charge in [-0.3, -0.25) is 0 Å². The minimum Gasteiger partial charge on any atom is -0.197 e. The average Bonchev–Trinajstić information content (AvgIpc) is 1.96. The van der Waals surface area contributed by atoms with E-state index in [1.807, 2.05) is 0 Å². The van der Waals surface area contributed by atoms with Crippen LogP contribution in [0.2, 0.25) is 0 Å². The Morgan fingerprint density at radius 1 is 1.50 bits per heavy atom. The molecule has 2 unspecified atom stereocenters. The Kier molecular flexibility index (Phi) is 2.76. The molecule has 10 heavy (non-hydrogen) atoms. The van der Waals surface area contributed by atoms with Gasteiger partial charge >= 0.3 is 0 Å². The van der Waals surface area contributed by atoms with Crippen molar-refractivity contribution in [3.05, 3.63) is 0 Å². The zero-order chi connectivity index (χ0) is 7.61. The van der Waals surface area contributed by atoms with Crippen molar-refractivity contribution < 1.29 is 0 Å². The molecular formula is C7H9Br2N. The van der Waals surface area contributed by atoms with Gasteiger partial charge < -0.3 is 0 Å². The third-order valence-electron chi connectivity index (χ3n) is 1.93. The van der Waals surface area contributed by atoms with Crippen molar-refractivity contribution >= 4 is 31.9 Å². The van der Waals surface area contributed by atoms with E-state index in [1.54, 1.807) is 0 Å². The van der Waals surface area contributed by atoms with E-state index in [2.05, 4.69) is 37.9 Å². The Morgan fingerprint density at radius 3 is 2.60 bits per heavy atom. The Morgan fingerprint density at radius 2 is 2.20 bits per heavy atom. The minimum atomic E-state index is -0.286. The van der Waals surface area contributed by atoms with Crippen molar-refractivity contribution in [1.82, 2.24) is 0 Å². The molecule has 56 valence electrons. The lowest BCUT2D eigenvalue weighted by Crippen LogP contribution is -2.33. The summed E-state index contributed by atoms with van der Waals surface area (Å²) in [7, 11) is 0. The van der Waals surface area contributed by atoms with Crippen LogP contribution < -0.4 is 0 Å². The monoisotopic (exact) mass is 265 g/mol. The molecule has 0 heterocycles. The van der Waals surface area contributed by atoms with Crippen LogP contribution in [0.5, 0.6) is 0 Å². The molecule has 0 spiro atoms. The smallest absolute Gasteiger partial charge is 0.124 e. The highest BCUT2D eigenvalue weighted by Gasteiger charge is 2.36. The highest BCUT2D eigenvalue weighted by atomic mass is 79.9. The van der Waals surface area contributed by atoms with Crippen LogP contribution in [0.15, 0.2) is 0 Å². The molecule has 0 aromatic carbocycles. The summed E-state index contributed by atoms with van der Waals surface area (Å²) in [6.45, 7) is 0. The molecule has 0 amide bonds. The first-order valence-electron chi connectivity index (χ1n) is 3.43. The molecule has 1 saturated carbocycles. The van der Waals surface area contributed by atoms with Gasteiger partial charge in [0.15, 0.2) is 0 Å². The minimum absolute atomic E-state index is 0.286. The second kappa shape index (κ2) is 3.23. The van der Waals surface area contributed by atoms with Gasteiger partial charge in [0.05, 0.1) is 6.07 Å². The van der Waals surface area contributed by atoms with Crippen LogP contribution in [-0.2, 0) is 0 Å². The number of alkyl halides is 2. The third kappa shape index (κ3) is 1.54. The van der Waals surface area contributed by atoms with Crippen molar-refractivity contribution in [3.63, 3.8) is 0 Å². The molecule has 1 nitrogen and oxygen atoms in total. The van der Waals surface area contributed by atoms with Crippen LogP contribution >= 0.6 is 31.9 Å². The van der Waals surface area contributed by atoms with E-state index >= 15 is 0 Å². The fourth-order valence-electron chi connectivity index (χ4n) is 1.22. The predicted octanol–water partition coefficient (Wildman–Crippen LogP) is 2.98. The standard InChI is InChI=1S/C7H9Br2N/c8-6-3-1-2-4-7(6,9)5-10/h6H,1-4H2. The highest BCUT2D eigenvalue weighted by Crippen LogP contribution is 2.39. The van der Waals surface area contributed by atoms with Gasteiger partial charge in [-0.05, 0) is 12.8 Å². The first-order chi connectivity index (χ1) is 4.69. The molecule has 1 fully saturated rings. The zero-order valence-corrected chi connectivity index (χ0v) is 8.78. The number of nitriles is 1. The lowest BCUT2D eigenvalue weighted by molar-refractivity contribution is 0.483. The van der Waals surface area contributed by atoms with E-state index in [1.165, 1.54) is 12.8 Å². The molecule has 0 radical (unpaired) electrons. The molecular weight excluding hydrogens is 258 g/mol. The van der Waals surface area contributed by atoms with Gasteiger partial charge in [0.25, 0.3) is 0 Å². The lowest BCUT2D eigenvalue weighted by Gasteiger charge is -2.29. The van der Waals surface area contributed by atoms with Crippen molar-refractivity contribution in [2.24, 2.45) is 0 Å². The fraction of sp³-hybridized carbons (Fsp3) is 0.857. The third-order valence-corrected chi connectivity index (χ3v) is 4.91. The summed E-state index contributed by atoms with van der Waals surface area (Å²) in [6.07, 6.45) is 4.49. The molecule has 0 aromatic rings. The van der Waals surface area contributed by atoms with Crippen LogP contribution in [0, 0.1) is 11.3 Å². The summed E-state index contributed by atoms with van der Waals surface area (Å²) in [4.78, 5) is 0.332. The van der Waals surface area contributed by atoms with Crippen LogP contribution in [0.25, 0.3) is 0 Å². The molecule has 1 aliphatic carbocycles. The van der Waals surface area contributed by atoms with Gasteiger partial charge in [0.1, 0.15) is 4.32 Å². The van der Waals surface area contributed by atoms with E-state index in [9.17, 15) is 0 Å². The number of nitrogens with zero attached hydrogens (tertiary/aromatic N) is 1. The summed E-state index contributed by atoms with van der Waals surface area (Å²) in [5.74, 6) is 0. The van der Waals surface area contributed by atoms with Crippen LogP contribution in [-0.4, -0.2) is 9.15 Å². The molecule has 0 bridgehead atoms. The van der Waals surface area contributed by atoms with E-state index in [4.69, 9.17) is 5.26 Å². The van der Waals surface area contributed by atoms with E-state index in [-0.39, 0.29) is 4.32 Å². The second-order valence-electron chi connectivity index (χ2n) is 2.69. The average molecular weight is 267 g/mol. The SMILES string of the molecule is N#CC1(Br)CCCCC1Br. The number of hydrogen-bond acceptors (Lipinski definition) is 1. The quantitative estimate of drug-likeness (QED) is 0.619. The summed E-state index contributed by atoms with van der Waals surface area (Å²) in [6, 6.07) is 2.30. The lowest BCUT2D eigenvalue weighted by atomic mass is 9.90. The Labute approximate surface area is 78.1 Å². The summed E-state index contributed by atoms with van der Waals surface area (Å²) in [5.41, 5.74) is 0. The maximum Gasteiger partial charge on any atom is 0.124 e. The van der Waals surface area contributed by atoms with Gasteiger partial charge in [-0.15, -0.1) is 0 Å². The van der Waals surface area contributed by atoms with Crippen molar-refractivity contribution in [1.29, 1.82) is 5.26 Å². The predicted molar refractivity (Wildman–Crippen MR) is 48.5 cm³/mol. The van der Waals surface area contributed by atoms with E-state index in [0.717, 1.165) is 12.8 Å². The summed E-state index contributed by atoms with van der Waals surface area (Å²) < 4.78 is -0.286. The number of rotatable bonds is 0. The molecule has 3 heteroatoms. The van der Waals surface area contributed by atoms with Crippen molar-refractivity contribution in [3.8, 4) is 6.07 Å². The molecule has 0 saturated heterocycles. The van der Waals surface area contributed by atoms with Crippen LogP contribution in [0.4, 0.5) is 0 Å². The van der Waals surface area contributed by atoms with Crippen molar-refractivity contribution in [2.75, 3.05) is 0 Å². The first-order valence-corrected chi connectivity index (χ1v) is 5.14. The van der Waals surface area contributed by atoms with Crippen LogP contribution in [0.3, 0.4) is 0 Å². The molecule has 0 aliphatic heterocycles. The van der Waals surface area contributed by atoms with Gasteiger partial charge in [0.2, 0.25) is 0 Å². The highest BCUT2D eigenvalue weighted by molar-refractivity contribution is 9.12. The van der Waals surface area contributed by atoms with Crippen molar-refractivity contribution in [2.45, 2.75) is 34.8 Å². The van der Waals surface area contributed by atoms with Gasteiger partial charge in [-0.2, -0.15) is 5.26 Å². The molecule has 0 N–H and O–H groups in total. The van der Waals surface area contributed by atoms with E-state index < -0.39 is 0 Å². The summed E-state index contributed by atoms with van der Waals surface area (Å²) >= 11 is 6.95. The summed E-state index contributed by atoms with van der Waals surface area (Å²) in [5, 5.41) is 8.79. The van der Waals surface area contributed by atoms with Gasteiger partial charge in [0, 0.05) is 4.83 Å². The zero-order valence-electron chi connectivity index (χ0n) is 5.61. The molecule has 1 aliphatic rings. The topological polar surface area (TPSA) is 23.8 Å². The Hall–Kier alpha value is 0.450. The van der Waals surface area contributed by atoms with Crippen LogP contribution in [0.1, 0.15) is 25.7 Å². The molecule has 0 aromatic heterocycles. The normalized spacial score (nSPS) is 40.7.